The molecule has 0 bridgehead atoms. The van der Waals surface area contributed by atoms with Crippen molar-refractivity contribution in [2.24, 2.45) is 0 Å². The van der Waals surface area contributed by atoms with Crippen molar-refractivity contribution in [1.29, 1.82) is 0 Å². The van der Waals surface area contributed by atoms with Crippen LogP contribution in [0, 0.1) is 6.92 Å². The van der Waals surface area contributed by atoms with Gasteiger partial charge >= 0.3 is 5.97 Å². The van der Waals surface area contributed by atoms with Crippen LogP contribution < -0.4 is 15.4 Å². The van der Waals surface area contributed by atoms with Gasteiger partial charge in [-0.15, -0.1) is 0 Å². The van der Waals surface area contributed by atoms with Gasteiger partial charge in [-0.3, -0.25) is 14.7 Å². The van der Waals surface area contributed by atoms with Gasteiger partial charge in [-0.1, -0.05) is 30.3 Å². The first-order valence-electron chi connectivity index (χ1n) is 14.5. The van der Waals surface area contributed by atoms with E-state index < -0.39 is 12.0 Å². The number of nitrogens with zero attached hydrogens (tertiary/aromatic N) is 3. The Bertz CT molecular complexity index is 1270. The lowest BCUT2D eigenvalue weighted by Crippen LogP contribution is -2.44. The van der Waals surface area contributed by atoms with Crippen molar-refractivity contribution >= 4 is 17.7 Å². The number of carboxylic acid groups (broad SMARTS) is 1. The van der Waals surface area contributed by atoms with Gasteiger partial charge in [-0.25, -0.2) is 9.78 Å². The van der Waals surface area contributed by atoms with Crippen LogP contribution in [0.4, 0.5) is 5.82 Å². The molecule has 0 fully saturated rings. The molecule has 0 saturated carbocycles. The minimum absolute atomic E-state index is 0.0480. The first-order valence-corrected chi connectivity index (χ1v) is 14.5. The summed E-state index contributed by atoms with van der Waals surface area (Å²) in [5.41, 5.74) is 3.82. The average molecular weight is 560 g/mol. The van der Waals surface area contributed by atoms with Crippen LogP contribution in [-0.2, 0) is 28.9 Å². The highest BCUT2D eigenvalue weighted by Crippen LogP contribution is 2.20. The van der Waals surface area contributed by atoms with E-state index in [9.17, 15) is 14.7 Å². The van der Waals surface area contributed by atoms with E-state index in [1.807, 2.05) is 49.4 Å². The Morgan fingerprint density at radius 3 is 2.66 bits per heavy atom. The summed E-state index contributed by atoms with van der Waals surface area (Å²) in [6, 6.07) is 18.5. The van der Waals surface area contributed by atoms with E-state index >= 15 is 0 Å². The summed E-state index contributed by atoms with van der Waals surface area (Å²) in [7, 11) is 0. The molecule has 41 heavy (non-hydrogen) atoms. The average Bonchev–Trinajstić information content (AvgIpc) is 2.97. The van der Waals surface area contributed by atoms with Crippen molar-refractivity contribution in [3.63, 3.8) is 0 Å². The number of benzene rings is 1. The molecule has 0 radical (unpaired) electrons. The van der Waals surface area contributed by atoms with Crippen LogP contribution in [0.25, 0.3) is 0 Å². The van der Waals surface area contributed by atoms with Crippen LogP contribution in [0.3, 0.4) is 0 Å². The molecule has 0 saturated heterocycles. The maximum Gasteiger partial charge on any atom is 0.326 e. The number of aryl methyl sites for hydroxylation is 3. The van der Waals surface area contributed by atoms with Crippen LogP contribution in [0.2, 0.25) is 0 Å². The third-order valence-corrected chi connectivity index (χ3v) is 7.18. The van der Waals surface area contributed by atoms with Crippen LogP contribution in [0.15, 0.2) is 60.7 Å². The summed E-state index contributed by atoms with van der Waals surface area (Å²) in [5.74, 6) is 0.443. The van der Waals surface area contributed by atoms with Crippen molar-refractivity contribution in [2.45, 2.75) is 57.9 Å². The largest absolute Gasteiger partial charge is 0.492 e. The molecule has 1 amide bonds. The van der Waals surface area contributed by atoms with E-state index in [1.54, 1.807) is 6.07 Å². The van der Waals surface area contributed by atoms with Crippen molar-refractivity contribution in [2.75, 3.05) is 38.1 Å². The molecule has 1 aliphatic heterocycles. The Balaban J connectivity index is 1.28. The van der Waals surface area contributed by atoms with E-state index in [2.05, 4.69) is 32.7 Å². The number of pyridine rings is 2. The van der Waals surface area contributed by atoms with Gasteiger partial charge in [0.25, 0.3) is 0 Å². The highest BCUT2D eigenvalue weighted by molar-refractivity contribution is 5.84. The molecular formula is C32H41N5O4. The number of aromatic nitrogens is 2. The Labute approximate surface area is 242 Å². The van der Waals surface area contributed by atoms with Crippen LogP contribution in [0.1, 0.15) is 48.3 Å². The summed E-state index contributed by atoms with van der Waals surface area (Å²) >= 11 is 0. The van der Waals surface area contributed by atoms with Crippen LogP contribution in [-0.4, -0.2) is 70.7 Å². The summed E-state index contributed by atoms with van der Waals surface area (Å²) in [6.07, 6.45) is 5.39. The molecule has 1 atom stereocenters. The molecule has 3 aromatic rings. The van der Waals surface area contributed by atoms with Gasteiger partial charge in [0.05, 0.1) is 6.42 Å². The van der Waals surface area contributed by atoms with Crippen molar-refractivity contribution in [3.8, 4) is 5.75 Å². The summed E-state index contributed by atoms with van der Waals surface area (Å²) in [4.78, 5) is 35.9. The number of para-hydroxylation sites is 1. The zero-order chi connectivity index (χ0) is 28.9. The molecule has 3 heterocycles. The molecule has 0 aliphatic carbocycles. The van der Waals surface area contributed by atoms with E-state index in [-0.39, 0.29) is 12.3 Å². The van der Waals surface area contributed by atoms with Gasteiger partial charge in [-0.05, 0) is 87.9 Å². The van der Waals surface area contributed by atoms with Crippen molar-refractivity contribution in [3.05, 3.63) is 83.3 Å². The predicted octanol–water partition coefficient (Wildman–Crippen LogP) is 4.05. The molecule has 3 N–H and O–H groups in total. The number of anilines is 1. The molecule has 218 valence electrons. The number of rotatable bonds is 16. The maximum atomic E-state index is 12.6. The number of hydrogen-bond donors (Lipinski definition) is 3. The number of carboxylic acids is 1. The zero-order valence-corrected chi connectivity index (χ0v) is 23.8. The number of aliphatic carboxylic acids is 1. The minimum atomic E-state index is -1.04. The second kappa shape index (κ2) is 15.7. The molecule has 0 spiro atoms. The van der Waals surface area contributed by atoms with Gasteiger partial charge in [0.15, 0.2) is 0 Å². The number of unbranched alkanes of at least 4 members (excludes halogenated alkanes) is 1. The Morgan fingerprint density at radius 2 is 1.85 bits per heavy atom. The standard InChI is InChI=1S/C32H41N5O4/c1-24-9-7-12-27(34-24)23-30(38)36-29(32(39)40)17-20-37(21-22-41-28-13-3-2-4-14-28)19-6-5-11-26-16-15-25-10-8-18-33-31(25)35-26/h2-4,7,9,12-16,29H,5-6,8,10-11,17-23H2,1H3,(H,33,35)(H,36,38)(H,39,40). The fraction of sp³-hybridized carbons (Fsp3) is 0.438. The number of hydrogen-bond acceptors (Lipinski definition) is 7. The molecule has 4 rings (SSSR count). The Morgan fingerprint density at radius 1 is 1.00 bits per heavy atom. The van der Waals surface area contributed by atoms with E-state index in [0.29, 0.717) is 31.8 Å². The first-order chi connectivity index (χ1) is 20.0. The van der Waals surface area contributed by atoms with Crippen molar-refractivity contribution < 1.29 is 19.4 Å². The van der Waals surface area contributed by atoms with Gasteiger partial charge in [0.1, 0.15) is 24.2 Å². The lowest BCUT2D eigenvalue weighted by Gasteiger charge is -2.24. The lowest BCUT2D eigenvalue weighted by atomic mass is 10.1. The Hall–Kier alpha value is -3.98. The quantitative estimate of drug-likeness (QED) is 0.225. The summed E-state index contributed by atoms with van der Waals surface area (Å²) in [5, 5.41) is 15.9. The van der Waals surface area contributed by atoms with E-state index in [0.717, 1.165) is 68.1 Å². The van der Waals surface area contributed by atoms with Gasteiger partial charge in [-0.2, -0.15) is 0 Å². The summed E-state index contributed by atoms with van der Waals surface area (Å²) in [6.45, 7) is 5.31. The topological polar surface area (TPSA) is 117 Å². The highest BCUT2D eigenvalue weighted by Gasteiger charge is 2.21. The molecule has 2 aromatic heterocycles. The molecule has 1 unspecified atom stereocenters. The fourth-order valence-electron chi connectivity index (χ4n) is 4.97. The maximum absolute atomic E-state index is 12.6. The normalized spacial score (nSPS) is 13.2. The third kappa shape index (κ3) is 10.2. The number of carbonyl (C=O) groups excluding carboxylic acids is 1. The molecule has 1 aliphatic rings. The summed E-state index contributed by atoms with van der Waals surface area (Å²) < 4.78 is 5.91. The monoisotopic (exact) mass is 559 g/mol. The first kappa shape index (κ1) is 30.0. The number of amides is 1. The minimum Gasteiger partial charge on any atom is -0.492 e. The lowest BCUT2D eigenvalue weighted by molar-refractivity contribution is -0.142. The predicted molar refractivity (Wildman–Crippen MR) is 159 cm³/mol. The number of fused-ring (bicyclic) bond motifs is 1. The van der Waals surface area contributed by atoms with Crippen LogP contribution >= 0.6 is 0 Å². The molecular weight excluding hydrogens is 518 g/mol. The molecule has 9 heteroatoms. The number of carbonyl (C=O) groups is 2. The van der Waals surface area contributed by atoms with Gasteiger partial charge < -0.3 is 20.5 Å². The SMILES string of the molecule is Cc1cccc(CC(=O)NC(CCN(CCCCc2ccc3c(n2)NCCC3)CCOc2ccccc2)C(=O)O)n1. The second-order valence-electron chi connectivity index (χ2n) is 10.5. The smallest absolute Gasteiger partial charge is 0.326 e. The fourth-order valence-corrected chi connectivity index (χ4v) is 4.97. The van der Waals surface area contributed by atoms with Crippen molar-refractivity contribution in [1.82, 2.24) is 20.2 Å². The van der Waals surface area contributed by atoms with E-state index in [1.165, 1.54) is 5.56 Å². The van der Waals surface area contributed by atoms with E-state index in [4.69, 9.17) is 9.72 Å². The molecule has 9 nitrogen and oxygen atoms in total. The number of nitrogens with one attached hydrogen (secondary N) is 2. The van der Waals surface area contributed by atoms with Gasteiger partial charge in [0, 0.05) is 36.7 Å². The number of ether oxygens (including phenoxy) is 1. The second-order valence-corrected chi connectivity index (χ2v) is 10.5. The molecule has 1 aromatic carbocycles. The van der Waals surface area contributed by atoms with Gasteiger partial charge in [0.2, 0.25) is 5.91 Å². The van der Waals surface area contributed by atoms with Crippen LogP contribution in [0.5, 0.6) is 5.75 Å². The highest BCUT2D eigenvalue weighted by atomic mass is 16.5. The zero-order valence-electron chi connectivity index (χ0n) is 23.8. The third-order valence-electron chi connectivity index (χ3n) is 7.18. The Kier molecular flexibility index (Phi) is 11.5.